The third-order valence-electron chi connectivity index (χ3n) is 3.33. The van der Waals surface area contributed by atoms with E-state index in [0.29, 0.717) is 29.1 Å². The topological polar surface area (TPSA) is 91.4 Å². The van der Waals surface area contributed by atoms with Crippen molar-refractivity contribution in [2.24, 2.45) is 0 Å². The van der Waals surface area contributed by atoms with E-state index in [9.17, 15) is 0 Å². The average Bonchev–Trinajstić information content (AvgIpc) is 2.83. The second kappa shape index (κ2) is 4.99. The number of nitrogens with two attached hydrogens (primary N) is 1. The number of nitrogen functional groups attached to an aromatic ring is 1. The molecule has 0 aliphatic rings. The lowest BCUT2D eigenvalue weighted by Crippen LogP contribution is -2.04. The van der Waals surface area contributed by atoms with Crippen molar-refractivity contribution in [3.8, 4) is 12.1 Å². The maximum absolute atomic E-state index is 9.12. The molecule has 0 unspecified atom stereocenters. The molecule has 5 nitrogen and oxygen atoms in total. The smallest absolute Gasteiger partial charge is 0.201 e. The summed E-state index contributed by atoms with van der Waals surface area (Å²) in [5, 5.41) is 18.1. The number of nitrogens with zero attached hydrogens (tertiary/aromatic N) is 4. The number of hydrogen-bond acceptors (Lipinski definition) is 4. The Labute approximate surface area is 121 Å². The fourth-order valence-corrected chi connectivity index (χ4v) is 2.34. The minimum Gasteiger partial charge on any atom is -0.369 e. The van der Waals surface area contributed by atoms with E-state index < -0.39 is 0 Å². The Balaban J connectivity index is 2.11. The summed E-state index contributed by atoms with van der Waals surface area (Å²) in [6.07, 6.45) is 0. The largest absolute Gasteiger partial charge is 0.369 e. The van der Waals surface area contributed by atoms with E-state index in [0.717, 1.165) is 11.1 Å². The zero-order chi connectivity index (χ0) is 14.8. The van der Waals surface area contributed by atoms with Crippen LogP contribution in [-0.4, -0.2) is 9.55 Å². The minimum absolute atomic E-state index is 0.357. The Bertz CT molecular complexity index is 909. The van der Waals surface area contributed by atoms with Gasteiger partial charge in [0.15, 0.2) is 0 Å². The number of imidazole rings is 1. The van der Waals surface area contributed by atoms with Gasteiger partial charge in [-0.1, -0.05) is 18.2 Å². The second-order valence-corrected chi connectivity index (χ2v) is 4.65. The van der Waals surface area contributed by atoms with Gasteiger partial charge in [0.2, 0.25) is 5.95 Å². The normalized spacial score (nSPS) is 10.2. The van der Waals surface area contributed by atoms with Gasteiger partial charge in [0.25, 0.3) is 0 Å². The summed E-state index contributed by atoms with van der Waals surface area (Å²) in [5.74, 6) is 0.357. The first kappa shape index (κ1) is 12.7. The molecule has 0 spiro atoms. The Morgan fingerprint density at radius 1 is 1.10 bits per heavy atom. The van der Waals surface area contributed by atoms with E-state index in [1.165, 1.54) is 0 Å². The Hall–Kier alpha value is -3.31. The summed E-state index contributed by atoms with van der Waals surface area (Å²) in [5.41, 5.74) is 9.46. The van der Waals surface area contributed by atoms with E-state index in [1.807, 2.05) is 34.9 Å². The van der Waals surface area contributed by atoms with Crippen LogP contribution in [0.15, 0.2) is 42.5 Å². The van der Waals surface area contributed by atoms with Gasteiger partial charge in [0.1, 0.15) is 11.6 Å². The summed E-state index contributed by atoms with van der Waals surface area (Å²) in [7, 11) is 0. The van der Waals surface area contributed by atoms with Crippen LogP contribution < -0.4 is 5.73 Å². The highest BCUT2D eigenvalue weighted by atomic mass is 15.1. The lowest BCUT2D eigenvalue weighted by molar-refractivity contribution is 0.838. The van der Waals surface area contributed by atoms with Gasteiger partial charge in [0.05, 0.1) is 29.3 Å². The molecule has 5 heteroatoms. The Kier molecular flexibility index (Phi) is 3.02. The highest BCUT2D eigenvalue weighted by molar-refractivity contribution is 5.84. The molecule has 0 saturated heterocycles. The van der Waals surface area contributed by atoms with E-state index in [1.54, 1.807) is 12.1 Å². The van der Waals surface area contributed by atoms with Gasteiger partial charge in [-0.2, -0.15) is 10.5 Å². The number of hydrogen-bond donors (Lipinski definition) is 1. The zero-order valence-electron chi connectivity index (χ0n) is 11.1. The summed E-state index contributed by atoms with van der Waals surface area (Å²) in [6, 6.07) is 17.0. The van der Waals surface area contributed by atoms with Crippen molar-refractivity contribution in [1.82, 2.24) is 9.55 Å². The first-order chi connectivity index (χ1) is 10.2. The third kappa shape index (κ3) is 2.18. The fourth-order valence-electron chi connectivity index (χ4n) is 2.34. The van der Waals surface area contributed by atoms with Crippen LogP contribution in [0.3, 0.4) is 0 Å². The number of para-hydroxylation sites is 1. The lowest BCUT2D eigenvalue weighted by atomic mass is 10.1. The van der Waals surface area contributed by atoms with Gasteiger partial charge in [-0.05, 0) is 29.8 Å². The standard InChI is InChI=1S/C16H11N5/c17-8-11-3-1-4-12(7-11)10-21-14-6-2-5-13(9-18)15(14)20-16(21)19/h1-7H,10H2,(H2,19,20). The lowest BCUT2D eigenvalue weighted by Gasteiger charge is -2.07. The van der Waals surface area contributed by atoms with Crippen LogP contribution >= 0.6 is 0 Å². The molecule has 2 aromatic carbocycles. The van der Waals surface area contributed by atoms with Gasteiger partial charge in [-0.25, -0.2) is 4.98 Å². The van der Waals surface area contributed by atoms with Crippen molar-refractivity contribution < 1.29 is 0 Å². The minimum atomic E-state index is 0.357. The molecule has 21 heavy (non-hydrogen) atoms. The predicted molar refractivity (Wildman–Crippen MR) is 79.1 cm³/mol. The molecule has 1 aromatic heterocycles. The van der Waals surface area contributed by atoms with Crippen LogP contribution in [0.2, 0.25) is 0 Å². The van der Waals surface area contributed by atoms with Crippen LogP contribution in [0.4, 0.5) is 5.95 Å². The van der Waals surface area contributed by atoms with Gasteiger partial charge >= 0.3 is 0 Å². The molecular weight excluding hydrogens is 262 g/mol. The highest BCUT2D eigenvalue weighted by Crippen LogP contribution is 2.22. The van der Waals surface area contributed by atoms with E-state index in [-0.39, 0.29) is 0 Å². The predicted octanol–water partition coefficient (Wildman–Crippen LogP) is 2.41. The summed E-state index contributed by atoms with van der Waals surface area (Å²) < 4.78 is 1.84. The van der Waals surface area contributed by atoms with Crippen LogP contribution in [0, 0.1) is 22.7 Å². The maximum Gasteiger partial charge on any atom is 0.201 e. The summed E-state index contributed by atoms with van der Waals surface area (Å²) in [4.78, 5) is 4.28. The Morgan fingerprint density at radius 2 is 1.90 bits per heavy atom. The second-order valence-electron chi connectivity index (χ2n) is 4.65. The zero-order valence-corrected chi connectivity index (χ0v) is 11.1. The van der Waals surface area contributed by atoms with Crippen molar-refractivity contribution in [2.75, 3.05) is 5.73 Å². The molecule has 0 bridgehead atoms. The molecule has 0 fully saturated rings. The van der Waals surface area contributed by atoms with Gasteiger partial charge in [-0.15, -0.1) is 0 Å². The number of nitriles is 2. The molecule has 0 radical (unpaired) electrons. The van der Waals surface area contributed by atoms with Crippen LogP contribution in [0.1, 0.15) is 16.7 Å². The number of rotatable bonds is 2. The molecule has 1 heterocycles. The first-order valence-electron chi connectivity index (χ1n) is 6.37. The molecule has 2 N–H and O–H groups in total. The molecule has 0 amide bonds. The number of benzene rings is 2. The van der Waals surface area contributed by atoms with Gasteiger partial charge in [0, 0.05) is 0 Å². The Morgan fingerprint density at radius 3 is 2.67 bits per heavy atom. The molecule has 3 aromatic rings. The summed E-state index contributed by atoms with van der Waals surface area (Å²) >= 11 is 0. The maximum atomic E-state index is 9.12. The molecule has 0 aliphatic carbocycles. The quantitative estimate of drug-likeness (QED) is 0.776. The number of fused-ring (bicyclic) bond motifs is 1. The van der Waals surface area contributed by atoms with Crippen molar-refractivity contribution in [3.05, 3.63) is 59.2 Å². The van der Waals surface area contributed by atoms with Crippen LogP contribution in [-0.2, 0) is 6.54 Å². The van der Waals surface area contributed by atoms with E-state index >= 15 is 0 Å². The summed E-state index contributed by atoms with van der Waals surface area (Å²) in [6.45, 7) is 0.507. The van der Waals surface area contributed by atoms with Crippen molar-refractivity contribution >= 4 is 17.0 Å². The van der Waals surface area contributed by atoms with Crippen LogP contribution in [0.5, 0.6) is 0 Å². The van der Waals surface area contributed by atoms with E-state index in [2.05, 4.69) is 17.1 Å². The molecule has 3 rings (SSSR count). The first-order valence-corrected chi connectivity index (χ1v) is 6.37. The van der Waals surface area contributed by atoms with Gasteiger partial charge < -0.3 is 10.3 Å². The third-order valence-corrected chi connectivity index (χ3v) is 3.33. The van der Waals surface area contributed by atoms with Crippen molar-refractivity contribution in [3.63, 3.8) is 0 Å². The molecule has 100 valence electrons. The molecule has 0 aliphatic heterocycles. The van der Waals surface area contributed by atoms with E-state index in [4.69, 9.17) is 16.3 Å². The monoisotopic (exact) mass is 273 g/mol. The average molecular weight is 273 g/mol. The van der Waals surface area contributed by atoms with Crippen molar-refractivity contribution in [2.45, 2.75) is 6.54 Å². The van der Waals surface area contributed by atoms with Gasteiger partial charge in [-0.3, -0.25) is 0 Å². The van der Waals surface area contributed by atoms with Crippen molar-refractivity contribution in [1.29, 1.82) is 10.5 Å². The van der Waals surface area contributed by atoms with Crippen LogP contribution in [0.25, 0.3) is 11.0 Å². The number of anilines is 1. The highest BCUT2D eigenvalue weighted by Gasteiger charge is 2.11. The molecule has 0 saturated carbocycles. The number of aromatic nitrogens is 2. The fraction of sp³-hybridized carbons (Fsp3) is 0.0625. The molecular formula is C16H11N5. The SMILES string of the molecule is N#Cc1cccc(Cn2c(N)nc3c(C#N)cccc32)c1. The molecule has 0 atom stereocenters.